The molecule has 0 atom stereocenters. The van der Waals surface area contributed by atoms with Gasteiger partial charge in [-0.2, -0.15) is 0 Å². The molecular weight excluding hydrogens is 186 g/mol. The summed E-state index contributed by atoms with van der Waals surface area (Å²) in [5, 5.41) is 1.19. The Hall–Kier alpha value is -1.57. The fraction of sp³-hybridized carbons (Fsp3) is 0.308. The van der Waals surface area contributed by atoms with Crippen molar-refractivity contribution in [3.8, 4) is 0 Å². The monoisotopic (exact) mass is 199 g/mol. The molecule has 0 unspecified atom stereocenters. The highest BCUT2D eigenvalue weighted by Gasteiger charge is 2.14. The van der Waals surface area contributed by atoms with E-state index in [1.54, 1.807) is 6.07 Å². The second-order valence-electron chi connectivity index (χ2n) is 4.30. The van der Waals surface area contributed by atoms with Gasteiger partial charge in [-0.1, -0.05) is 12.1 Å². The van der Waals surface area contributed by atoms with Gasteiger partial charge in [0.25, 0.3) is 0 Å². The molecular formula is C13H13NO. The highest BCUT2D eigenvalue weighted by atomic mass is 16.1. The van der Waals surface area contributed by atoms with Crippen LogP contribution >= 0.6 is 0 Å². The SMILES string of the molecule is Cc1cc(=O)[nH]c2c3c(ccc12)CCC3. The second-order valence-corrected chi connectivity index (χ2v) is 4.30. The van der Waals surface area contributed by atoms with Crippen molar-refractivity contribution in [1.29, 1.82) is 0 Å². The highest BCUT2D eigenvalue weighted by molar-refractivity contribution is 5.86. The van der Waals surface area contributed by atoms with Crippen LogP contribution in [0, 0.1) is 6.92 Å². The lowest BCUT2D eigenvalue weighted by Gasteiger charge is -2.06. The molecule has 1 aromatic carbocycles. The van der Waals surface area contributed by atoms with E-state index in [0.29, 0.717) is 0 Å². The van der Waals surface area contributed by atoms with E-state index in [0.717, 1.165) is 23.9 Å². The summed E-state index contributed by atoms with van der Waals surface area (Å²) in [6, 6.07) is 6.00. The summed E-state index contributed by atoms with van der Waals surface area (Å²) in [6.45, 7) is 2.00. The summed E-state index contributed by atoms with van der Waals surface area (Å²) in [5.41, 5.74) is 4.91. The molecule has 0 amide bonds. The molecule has 1 aromatic heterocycles. The first-order valence-electron chi connectivity index (χ1n) is 5.40. The van der Waals surface area contributed by atoms with Gasteiger partial charge < -0.3 is 4.98 Å². The van der Waals surface area contributed by atoms with Crippen LogP contribution < -0.4 is 5.56 Å². The fourth-order valence-corrected chi connectivity index (χ4v) is 2.57. The standard InChI is InChI=1S/C13H13NO/c1-8-7-12(15)14-13-10(8)6-5-9-3-2-4-11(9)13/h5-7H,2-4H2,1H3,(H,14,15). The predicted molar refractivity (Wildman–Crippen MR) is 61.3 cm³/mol. The van der Waals surface area contributed by atoms with E-state index in [-0.39, 0.29) is 5.56 Å². The van der Waals surface area contributed by atoms with E-state index < -0.39 is 0 Å². The number of aryl methyl sites for hydroxylation is 3. The Kier molecular flexibility index (Phi) is 1.72. The molecule has 1 N–H and O–H groups in total. The minimum Gasteiger partial charge on any atom is -0.322 e. The highest BCUT2D eigenvalue weighted by Crippen LogP contribution is 2.28. The van der Waals surface area contributed by atoms with Gasteiger partial charge in [0.15, 0.2) is 0 Å². The zero-order valence-corrected chi connectivity index (χ0v) is 8.76. The second kappa shape index (κ2) is 2.96. The van der Waals surface area contributed by atoms with Crippen LogP contribution in [0.25, 0.3) is 10.9 Å². The molecule has 0 bridgehead atoms. The van der Waals surface area contributed by atoms with Crippen molar-refractivity contribution in [3.05, 3.63) is 45.2 Å². The molecule has 0 saturated heterocycles. The predicted octanol–water partition coefficient (Wildman–Crippen LogP) is 2.33. The maximum absolute atomic E-state index is 11.4. The zero-order chi connectivity index (χ0) is 10.4. The lowest BCUT2D eigenvalue weighted by molar-refractivity contribution is 0.912. The van der Waals surface area contributed by atoms with Gasteiger partial charge >= 0.3 is 0 Å². The molecule has 3 rings (SSSR count). The molecule has 76 valence electrons. The Morgan fingerprint density at radius 1 is 1.27 bits per heavy atom. The smallest absolute Gasteiger partial charge is 0.248 e. The van der Waals surface area contributed by atoms with Crippen LogP contribution in [0.4, 0.5) is 0 Å². The number of rotatable bonds is 0. The van der Waals surface area contributed by atoms with Crippen molar-refractivity contribution in [2.45, 2.75) is 26.2 Å². The van der Waals surface area contributed by atoms with Gasteiger partial charge in [0.2, 0.25) is 5.56 Å². The van der Waals surface area contributed by atoms with E-state index in [4.69, 9.17) is 0 Å². The average Bonchev–Trinajstić information content (AvgIpc) is 2.65. The molecule has 1 aliphatic carbocycles. The van der Waals surface area contributed by atoms with Crippen LogP contribution in [0.15, 0.2) is 23.0 Å². The number of hydrogen-bond donors (Lipinski definition) is 1. The van der Waals surface area contributed by atoms with Crippen LogP contribution in [0.3, 0.4) is 0 Å². The topological polar surface area (TPSA) is 32.9 Å². The van der Waals surface area contributed by atoms with Crippen LogP contribution in [0.2, 0.25) is 0 Å². The summed E-state index contributed by atoms with van der Waals surface area (Å²) in [6.07, 6.45) is 3.47. The van der Waals surface area contributed by atoms with Gasteiger partial charge in [-0.15, -0.1) is 0 Å². The van der Waals surface area contributed by atoms with Gasteiger partial charge in [-0.3, -0.25) is 4.79 Å². The maximum atomic E-state index is 11.4. The first kappa shape index (κ1) is 8.72. The minimum absolute atomic E-state index is 0.0142. The Bertz CT molecular complexity index is 595. The number of H-pyrrole nitrogens is 1. The number of aromatic amines is 1. The largest absolute Gasteiger partial charge is 0.322 e. The quantitative estimate of drug-likeness (QED) is 0.694. The molecule has 0 spiro atoms. The summed E-state index contributed by atoms with van der Waals surface area (Å²) in [4.78, 5) is 14.4. The van der Waals surface area contributed by atoms with Crippen LogP contribution in [0.5, 0.6) is 0 Å². The molecule has 1 aliphatic rings. The van der Waals surface area contributed by atoms with Gasteiger partial charge in [0, 0.05) is 11.5 Å². The third-order valence-corrected chi connectivity index (χ3v) is 3.30. The molecule has 0 saturated carbocycles. The van der Waals surface area contributed by atoms with E-state index in [1.807, 2.05) is 6.92 Å². The van der Waals surface area contributed by atoms with Gasteiger partial charge in [0.1, 0.15) is 0 Å². The molecule has 0 fully saturated rings. The minimum atomic E-state index is 0.0142. The molecule has 15 heavy (non-hydrogen) atoms. The average molecular weight is 199 g/mol. The summed E-state index contributed by atoms with van der Waals surface area (Å²) in [7, 11) is 0. The van der Waals surface area contributed by atoms with Crippen LogP contribution in [-0.2, 0) is 12.8 Å². The molecule has 0 aliphatic heterocycles. The molecule has 0 radical (unpaired) electrons. The molecule has 1 heterocycles. The van der Waals surface area contributed by atoms with Crippen molar-refractivity contribution in [1.82, 2.24) is 4.98 Å². The summed E-state index contributed by atoms with van der Waals surface area (Å²) < 4.78 is 0. The van der Waals surface area contributed by atoms with Crippen molar-refractivity contribution >= 4 is 10.9 Å². The lowest BCUT2D eigenvalue weighted by atomic mass is 10.0. The van der Waals surface area contributed by atoms with E-state index in [2.05, 4.69) is 17.1 Å². The first-order valence-corrected chi connectivity index (χ1v) is 5.40. The van der Waals surface area contributed by atoms with Gasteiger partial charge in [-0.05, 0) is 42.9 Å². The Morgan fingerprint density at radius 3 is 3.00 bits per heavy atom. The third-order valence-electron chi connectivity index (χ3n) is 3.30. The fourth-order valence-electron chi connectivity index (χ4n) is 2.57. The Balaban J connectivity index is 2.50. The lowest BCUT2D eigenvalue weighted by Crippen LogP contribution is -2.06. The third kappa shape index (κ3) is 1.21. The van der Waals surface area contributed by atoms with Crippen molar-refractivity contribution in [2.24, 2.45) is 0 Å². The number of benzene rings is 1. The van der Waals surface area contributed by atoms with E-state index in [9.17, 15) is 4.79 Å². The Morgan fingerprint density at radius 2 is 2.13 bits per heavy atom. The Labute approximate surface area is 87.9 Å². The molecule has 2 aromatic rings. The van der Waals surface area contributed by atoms with Gasteiger partial charge in [0.05, 0.1) is 5.52 Å². The first-order chi connectivity index (χ1) is 7.25. The number of hydrogen-bond acceptors (Lipinski definition) is 1. The maximum Gasteiger partial charge on any atom is 0.248 e. The normalized spacial score (nSPS) is 14.5. The number of nitrogens with one attached hydrogen (secondary N) is 1. The zero-order valence-electron chi connectivity index (χ0n) is 8.76. The molecule has 2 heteroatoms. The van der Waals surface area contributed by atoms with E-state index in [1.165, 1.54) is 22.9 Å². The van der Waals surface area contributed by atoms with Crippen molar-refractivity contribution < 1.29 is 0 Å². The van der Waals surface area contributed by atoms with Crippen molar-refractivity contribution in [2.75, 3.05) is 0 Å². The molecule has 2 nitrogen and oxygen atoms in total. The number of pyridine rings is 1. The summed E-state index contributed by atoms with van der Waals surface area (Å²) >= 11 is 0. The van der Waals surface area contributed by atoms with Crippen LogP contribution in [0.1, 0.15) is 23.1 Å². The summed E-state index contributed by atoms with van der Waals surface area (Å²) in [5.74, 6) is 0. The number of fused-ring (bicyclic) bond motifs is 3. The number of aromatic nitrogens is 1. The van der Waals surface area contributed by atoms with E-state index >= 15 is 0 Å². The van der Waals surface area contributed by atoms with Crippen molar-refractivity contribution in [3.63, 3.8) is 0 Å². The van der Waals surface area contributed by atoms with Gasteiger partial charge in [-0.25, -0.2) is 0 Å². The van der Waals surface area contributed by atoms with Crippen LogP contribution in [-0.4, -0.2) is 4.98 Å².